The summed E-state index contributed by atoms with van der Waals surface area (Å²) in [6, 6.07) is 3.22. The van der Waals surface area contributed by atoms with Gasteiger partial charge < -0.3 is 9.47 Å². The molecule has 0 saturated heterocycles. The number of benzene rings is 2. The van der Waals surface area contributed by atoms with Gasteiger partial charge in [0, 0.05) is 0 Å². The van der Waals surface area contributed by atoms with Crippen LogP contribution in [0.4, 0.5) is 17.6 Å². The quantitative estimate of drug-likeness (QED) is 0.563. The Morgan fingerprint density at radius 2 is 0.722 bits per heavy atom. The molecule has 3 rings (SSSR count). The first-order valence-electron chi connectivity index (χ1n) is 4.89. The van der Waals surface area contributed by atoms with Crippen LogP contribution in [0.2, 0.25) is 0 Å². The van der Waals surface area contributed by atoms with Crippen LogP contribution >= 0.6 is 0 Å². The van der Waals surface area contributed by atoms with Crippen molar-refractivity contribution in [1.29, 1.82) is 0 Å². The maximum absolute atomic E-state index is 13.4. The van der Waals surface area contributed by atoms with Crippen LogP contribution in [0.5, 0.6) is 23.0 Å². The molecule has 0 unspecified atom stereocenters. The third kappa shape index (κ3) is 1.42. The van der Waals surface area contributed by atoms with E-state index in [0.29, 0.717) is 0 Å². The molecule has 0 bridgehead atoms. The van der Waals surface area contributed by atoms with Crippen molar-refractivity contribution < 1.29 is 27.0 Å². The first-order chi connectivity index (χ1) is 8.58. The minimum Gasteiger partial charge on any atom is -0.443 e. The molecule has 0 aromatic heterocycles. The van der Waals surface area contributed by atoms with Gasteiger partial charge in [-0.05, 0) is 24.3 Å². The molecule has 0 atom stereocenters. The van der Waals surface area contributed by atoms with Gasteiger partial charge in [-0.15, -0.1) is 0 Å². The second-order valence-electron chi connectivity index (χ2n) is 3.58. The summed E-state index contributed by atoms with van der Waals surface area (Å²) in [6.07, 6.45) is 0. The summed E-state index contributed by atoms with van der Waals surface area (Å²) in [6.45, 7) is 0. The molecule has 1 heterocycles. The lowest BCUT2D eigenvalue weighted by Gasteiger charge is -2.21. The maximum Gasteiger partial charge on any atom is 0.208 e. The molecule has 92 valence electrons. The molecule has 0 N–H and O–H groups in total. The van der Waals surface area contributed by atoms with E-state index in [1.54, 1.807) is 0 Å². The number of ether oxygens (including phenoxy) is 2. The van der Waals surface area contributed by atoms with Crippen LogP contribution in [0, 0.1) is 23.3 Å². The van der Waals surface area contributed by atoms with Crippen molar-refractivity contribution in [3.8, 4) is 23.0 Å². The van der Waals surface area contributed by atoms with Gasteiger partial charge in [0.05, 0.1) is 0 Å². The molecule has 1 aliphatic heterocycles. The van der Waals surface area contributed by atoms with Crippen LogP contribution in [-0.2, 0) is 0 Å². The van der Waals surface area contributed by atoms with Crippen molar-refractivity contribution in [2.75, 3.05) is 0 Å². The Morgan fingerprint density at radius 1 is 0.500 bits per heavy atom. The smallest absolute Gasteiger partial charge is 0.208 e. The number of fused-ring (bicyclic) bond motifs is 2. The lowest BCUT2D eigenvalue weighted by atomic mass is 10.2. The lowest BCUT2D eigenvalue weighted by molar-refractivity contribution is 0.301. The molecular weight excluding hydrogens is 252 g/mol. The number of hydrogen-bond acceptors (Lipinski definition) is 2. The average molecular weight is 256 g/mol. The fraction of sp³-hybridized carbons (Fsp3) is 0. The molecule has 18 heavy (non-hydrogen) atoms. The second kappa shape index (κ2) is 3.63. The van der Waals surface area contributed by atoms with Crippen molar-refractivity contribution in [3.63, 3.8) is 0 Å². The van der Waals surface area contributed by atoms with Crippen LogP contribution in [0.15, 0.2) is 24.3 Å². The van der Waals surface area contributed by atoms with Crippen LogP contribution in [0.25, 0.3) is 0 Å². The Hall–Kier alpha value is -2.24. The number of hydrogen-bond donors (Lipinski definition) is 0. The van der Waals surface area contributed by atoms with E-state index < -0.39 is 46.3 Å². The normalized spacial score (nSPS) is 12.2. The highest BCUT2D eigenvalue weighted by atomic mass is 19.1. The van der Waals surface area contributed by atoms with Crippen molar-refractivity contribution in [2.24, 2.45) is 0 Å². The molecule has 2 nitrogen and oxygen atoms in total. The van der Waals surface area contributed by atoms with Crippen LogP contribution in [0.1, 0.15) is 0 Å². The second-order valence-corrected chi connectivity index (χ2v) is 3.58. The highest BCUT2D eigenvalue weighted by Crippen LogP contribution is 2.49. The molecule has 0 amide bonds. The summed E-state index contributed by atoms with van der Waals surface area (Å²) < 4.78 is 63.3. The largest absolute Gasteiger partial charge is 0.443 e. The monoisotopic (exact) mass is 256 g/mol. The van der Waals surface area contributed by atoms with Crippen molar-refractivity contribution in [2.45, 2.75) is 0 Å². The van der Waals surface area contributed by atoms with Gasteiger partial charge in [0.2, 0.25) is 23.0 Å². The zero-order valence-corrected chi connectivity index (χ0v) is 8.64. The topological polar surface area (TPSA) is 18.5 Å². The van der Waals surface area contributed by atoms with Gasteiger partial charge in [0.1, 0.15) is 0 Å². The Morgan fingerprint density at radius 3 is 0.944 bits per heavy atom. The zero-order chi connectivity index (χ0) is 12.9. The Bertz CT molecular complexity index is 544. The van der Waals surface area contributed by atoms with Gasteiger partial charge >= 0.3 is 0 Å². The fourth-order valence-corrected chi connectivity index (χ4v) is 1.61. The average Bonchev–Trinajstić information content (AvgIpc) is 2.37. The molecule has 6 heteroatoms. The fourth-order valence-electron chi connectivity index (χ4n) is 1.61. The molecule has 2 aromatic rings. The van der Waals surface area contributed by atoms with E-state index >= 15 is 0 Å². The van der Waals surface area contributed by atoms with Crippen LogP contribution < -0.4 is 9.47 Å². The predicted molar refractivity (Wildman–Crippen MR) is 52.9 cm³/mol. The van der Waals surface area contributed by atoms with E-state index in [1.165, 1.54) is 0 Å². The van der Waals surface area contributed by atoms with Gasteiger partial charge in [0.25, 0.3) is 0 Å². The SMILES string of the molecule is Fc1ccc(F)c2c1Oc1c(F)ccc(F)c1O2. The molecular formula is C12H4F4O2. The standard InChI is InChI=1S/C12H4F4O2/c13-5-1-2-6(14)10-9(5)17-11-7(15)3-4-8(16)12(11)18-10/h1-4H. The maximum atomic E-state index is 13.4. The van der Waals surface area contributed by atoms with E-state index in [1.807, 2.05) is 0 Å². The van der Waals surface area contributed by atoms with Gasteiger partial charge in [-0.25, -0.2) is 17.6 Å². The Balaban J connectivity index is 2.24. The first-order valence-corrected chi connectivity index (χ1v) is 4.89. The third-order valence-electron chi connectivity index (χ3n) is 2.44. The predicted octanol–water partition coefficient (Wildman–Crippen LogP) is 4.14. The summed E-state index contributed by atoms with van der Waals surface area (Å²) >= 11 is 0. The van der Waals surface area contributed by atoms with Gasteiger partial charge in [0.15, 0.2) is 23.3 Å². The molecule has 0 saturated carbocycles. The summed E-state index contributed by atoms with van der Waals surface area (Å²) in [4.78, 5) is 0. The van der Waals surface area contributed by atoms with Gasteiger partial charge in [-0.1, -0.05) is 0 Å². The van der Waals surface area contributed by atoms with E-state index in [9.17, 15) is 17.6 Å². The van der Waals surface area contributed by atoms with E-state index in [2.05, 4.69) is 0 Å². The highest BCUT2D eigenvalue weighted by molar-refractivity contribution is 5.56. The minimum atomic E-state index is -0.930. The molecule has 0 aliphatic carbocycles. The summed E-state index contributed by atoms with van der Waals surface area (Å²) in [5, 5.41) is 0. The van der Waals surface area contributed by atoms with Crippen molar-refractivity contribution >= 4 is 0 Å². The van der Waals surface area contributed by atoms with Crippen LogP contribution in [-0.4, -0.2) is 0 Å². The van der Waals surface area contributed by atoms with Crippen molar-refractivity contribution in [3.05, 3.63) is 47.5 Å². The van der Waals surface area contributed by atoms with E-state index in [4.69, 9.17) is 9.47 Å². The lowest BCUT2D eigenvalue weighted by Crippen LogP contribution is -2.06. The molecule has 0 radical (unpaired) electrons. The Kier molecular flexibility index (Phi) is 2.19. The zero-order valence-electron chi connectivity index (χ0n) is 8.64. The third-order valence-corrected chi connectivity index (χ3v) is 2.44. The molecule has 2 aromatic carbocycles. The number of halogens is 4. The summed E-state index contributed by atoms with van der Waals surface area (Å²) in [7, 11) is 0. The highest BCUT2D eigenvalue weighted by Gasteiger charge is 2.30. The molecule has 0 spiro atoms. The first kappa shape index (κ1) is 10.9. The molecule has 0 fully saturated rings. The van der Waals surface area contributed by atoms with Gasteiger partial charge in [-0.3, -0.25) is 0 Å². The summed E-state index contributed by atoms with van der Waals surface area (Å²) in [5.74, 6) is -6.14. The molecule has 1 aliphatic rings. The summed E-state index contributed by atoms with van der Waals surface area (Å²) in [5.41, 5.74) is 0. The number of rotatable bonds is 0. The van der Waals surface area contributed by atoms with E-state index in [0.717, 1.165) is 24.3 Å². The van der Waals surface area contributed by atoms with E-state index in [-0.39, 0.29) is 0 Å². The van der Waals surface area contributed by atoms with Gasteiger partial charge in [-0.2, -0.15) is 0 Å². The van der Waals surface area contributed by atoms with Crippen molar-refractivity contribution in [1.82, 2.24) is 0 Å². The van der Waals surface area contributed by atoms with Crippen LogP contribution in [0.3, 0.4) is 0 Å². The minimum absolute atomic E-state index is 0.605. The Labute approximate surface area is 98.4 Å².